The van der Waals surface area contributed by atoms with Gasteiger partial charge in [-0.15, -0.1) is 0 Å². The Morgan fingerprint density at radius 2 is 1.91 bits per heavy atom. The standard InChI is InChI=1S/C29H37FN2O3/c1-4-5-14-35-22-8-6-19(7-9-22)23-15-21-17-29(2,3)27(24(21)16-25(23)30)32(28(33)34)26-18-31-12-10-20(26)11-13-31/h6-9,15-16,20,26-27H,4-5,10-14,17-18H2,1-3H3,(H,33,34)/t26-,27+/m1/s1. The minimum absolute atomic E-state index is 0.0341. The summed E-state index contributed by atoms with van der Waals surface area (Å²) in [5, 5.41) is 10.4. The summed E-state index contributed by atoms with van der Waals surface area (Å²) in [5.74, 6) is 0.878. The number of carboxylic acid groups (broad SMARTS) is 1. The molecule has 1 N–H and O–H groups in total. The third-order valence-corrected chi connectivity index (χ3v) is 8.32. The van der Waals surface area contributed by atoms with Crippen LogP contribution in [0.2, 0.25) is 0 Å². The molecule has 3 heterocycles. The van der Waals surface area contributed by atoms with Gasteiger partial charge in [0.25, 0.3) is 0 Å². The Morgan fingerprint density at radius 1 is 1.20 bits per heavy atom. The number of rotatable bonds is 7. The molecule has 3 fully saturated rings. The Balaban J connectivity index is 1.46. The molecule has 0 spiro atoms. The van der Waals surface area contributed by atoms with Crippen LogP contribution in [0.3, 0.4) is 0 Å². The summed E-state index contributed by atoms with van der Waals surface area (Å²) >= 11 is 0. The molecule has 3 aliphatic heterocycles. The molecule has 6 rings (SSSR count). The smallest absolute Gasteiger partial charge is 0.408 e. The molecule has 3 saturated heterocycles. The van der Waals surface area contributed by atoms with Crippen molar-refractivity contribution >= 4 is 6.09 Å². The molecule has 35 heavy (non-hydrogen) atoms. The Kier molecular flexibility index (Phi) is 6.51. The zero-order valence-corrected chi connectivity index (χ0v) is 21.1. The maximum Gasteiger partial charge on any atom is 0.408 e. The fourth-order valence-electron chi connectivity index (χ4n) is 6.56. The quantitative estimate of drug-likeness (QED) is 0.468. The molecule has 0 unspecified atom stereocenters. The topological polar surface area (TPSA) is 53.0 Å². The van der Waals surface area contributed by atoms with Crippen LogP contribution in [0.1, 0.15) is 63.6 Å². The number of unbranched alkanes of at least 4 members (excludes halogenated alkanes) is 1. The largest absolute Gasteiger partial charge is 0.494 e. The zero-order valence-electron chi connectivity index (χ0n) is 21.1. The van der Waals surface area contributed by atoms with E-state index in [2.05, 4.69) is 25.7 Å². The lowest BCUT2D eigenvalue weighted by molar-refractivity contribution is -0.0267. The fraction of sp³-hybridized carbons (Fsp3) is 0.552. The van der Waals surface area contributed by atoms with E-state index in [1.165, 1.54) is 0 Å². The van der Waals surface area contributed by atoms with Crippen molar-refractivity contribution in [2.75, 3.05) is 26.2 Å². The third kappa shape index (κ3) is 4.53. The molecular formula is C29H37FN2O3. The van der Waals surface area contributed by atoms with E-state index in [1.54, 1.807) is 11.0 Å². The van der Waals surface area contributed by atoms with Crippen molar-refractivity contribution in [2.45, 2.75) is 65.0 Å². The van der Waals surface area contributed by atoms with E-state index in [0.717, 1.165) is 74.2 Å². The van der Waals surface area contributed by atoms with Crippen LogP contribution in [-0.4, -0.2) is 53.3 Å². The first-order valence-corrected chi connectivity index (χ1v) is 13.1. The summed E-state index contributed by atoms with van der Waals surface area (Å²) in [5.41, 5.74) is 2.93. The van der Waals surface area contributed by atoms with E-state index in [1.807, 2.05) is 30.3 Å². The van der Waals surface area contributed by atoms with E-state index in [-0.39, 0.29) is 23.3 Å². The van der Waals surface area contributed by atoms with Gasteiger partial charge in [0.2, 0.25) is 0 Å². The first kappa shape index (κ1) is 24.1. The maximum absolute atomic E-state index is 15.6. The summed E-state index contributed by atoms with van der Waals surface area (Å²) in [7, 11) is 0. The molecule has 1 aliphatic carbocycles. The monoisotopic (exact) mass is 480 g/mol. The SMILES string of the molecule is CCCCOc1ccc(-c2cc3c(cc2F)[C@H](N(C(=O)O)[C@@H]2CN4CCC2CC4)C(C)(C)C3)cc1. The fourth-order valence-corrected chi connectivity index (χ4v) is 6.56. The van der Waals surface area contributed by atoms with Crippen molar-refractivity contribution in [1.29, 1.82) is 0 Å². The number of fused-ring (bicyclic) bond motifs is 4. The summed E-state index contributed by atoms with van der Waals surface area (Å²) in [6, 6.07) is 10.8. The van der Waals surface area contributed by atoms with Crippen molar-refractivity contribution in [3.63, 3.8) is 0 Å². The number of piperidine rings is 3. The Hall–Kier alpha value is -2.60. The molecule has 2 bridgehead atoms. The summed E-state index contributed by atoms with van der Waals surface area (Å²) in [4.78, 5) is 16.7. The highest BCUT2D eigenvalue weighted by atomic mass is 19.1. The van der Waals surface area contributed by atoms with Gasteiger partial charge in [-0.05, 0) is 91.1 Å². The highest BCUT2D eigenvalue weighted by Crippen LogP contribution is 2.52. The van der Waals surface area contributed by atoms with Gasteiger partial charge in [0.1, 0.15) is 11.6 Å². The Labute approximate surface area is 207 Å². The molecule has 2 atom stereocenters. The van der Waals surface area contributed by atoms with Crippen molar-refractivity contribution in [3.8, 4) is 16.9 Å². The highest BCUT2D eigenvalue weighted by Gasteiger charge is 2.50. The van der Waals surface area contributed by atoms with E-state index >= 15 is 4.39 Å². The molecule has 0 aromatic heterocycles. The van der Waals surface area contributed by atoms with Crippen molar-refractivity contribution < 1.29 is 19.0 Å². The van der Waals surface area contributed by atoms with Crippen molar-refractivity contribution in [2.24, 2.45) is 11.3 Å². The Bertz CT molecular complexity index is 1080. The van der Waals surface area contributed by atoms with Crippen LogP contribution in [-0.2, 0) is 6.42 Å². The van der Waals surface area contributed by atoms with Gasteiger partial charge in [-0.1, -0.05) is 39.3 Å². The van der Waals surface area contributed by atoms with E-state index in [9.17, 15) is 9.90 Å². The molecule has 188 valence electrons. The second kappa shape index (κ2) is 9.45. The minimum Gasteiger partial charge on any atom is -0.494 e. The number of halogens is 1. The number of amides is 1. The predicted molar refractivity (Wildman–Crippen MR) is 135 cm³/mol. The van der Waals surface area contributed by atoms with Gasteiger partial charge < -0.3 is 14.7 Å². The minimum atomic E-state index is -0.891. The second-order valence-corrected chi connectivity index (χ2v) is 11.2. The summed E-state index contributed by atoms with van der Waals surface area (Å²) in [6.07, 6.45) is 4.00. The molecule has 1 amide bonds. The molecule has 4 aliphatic rings. The first-order valence-electron chi connectivity index (χ1n) is 13.1. The number of carbonyl (C=O) groups is 1. The van der Waals surface area contributed by atoms with Crippen molar-refractivity contribution in [1.82, 2.24) is 9.80 Å². The van der Waals surface area contributed by atoms with Gasteiger partial charge in [0.05, 0.1) is 18.7 Å². The van der Waals surface area contributed by atoms with Gasteiger partial charge >= 0.3 is 6.09 Å². The number of hydrogen-bond donors (Lipinski definition) is 1. The lowest BCUT2D eigenvalue weighted by Gasteiger charge is -2.51. The summed E-state index contributed by atoms with van der Waals surface area (Å²) in [6.45, 7) is 9.94. The maximum atomic E-state index is 15.6. The molecular weight excluding hydrogens is 443 g/mol. The van der Waals surface area contributed by atoms with Gasteiger partial charge in [0, 0.05) is 12.1 Å². The number of nitrogens with zero attached hydrogens (tertiary/aromatic N) is 2. The molecule has 6 heteroatoms. The Morgan fingerprint density at radius 3 is 2.51 bits per heavy atom. The van der Waals surface area contributed by atoms with Crippen LogP contribution < -0.4 is 4.74 Å². The average Bonchev–Trinajstić information content (AvgIpc) is 3.09. The lowest BCUT2D eigenvalue weighted by atomic mass is 9.79. The van der Waals surface area contributed by atoms with Gasteiger partial charge in [0.15, 0.2) is 0 Å². The lowest BCUT2D eigenvalue weighted by Crippen LogP contribution is -2.60. The van der Waals surface area contributed by atoms with Crippen LogP contribution in [0.5, 0.6) is 5.75 Å². The second-order valence-electron chi connectivity index (χ2n) is 11.2. The first-order chi connectivity index (χ1) is 16.8. The molecule has 5 nitrogen and oxygen atoms in total. The van der Waals surface area contributed by atoms with E-state index in [4.69, 9.17) is 4.74 Å². The highest BCUT2D eigenvalue weighted by molar-refractivity contribution is 5.70. The molecule has 2 aromatic rings. The van der Waals surface area contributed by atoms with E-state index in [0.29, 0.717) is 18.1 Å². The van der Waals surface area contributed by atoms with E-state index < -0.39 is 6.09 Å². The molecule has 0 saturated carbocycles. The van der Waals surface area contributed by atoms with Gasteiger partial charge in [-0.2, -0.15) is 0 Å². The van der Waals surface area contributed by atoms with Crippen LogP contribution in [0.15, 0.2) is 36.4 Å². The van der Waals surface area contributed by atoms with Crippen molar-refractivity contribution in [3.05, 3.63) is 53.3 Å². The molecule has 0 radical (unpaired) electrons. The number of hydrogen-bond acceptors (Lipinski definition) is 3. The molecule has 2 aromatic carbocycles. The van der Waals surface area contributed by atoms with Crippen LogP contribution in [0, 0.1) is 17.2 Å². The average molecular weight is 481 g/mol. The number of benzene rings is 2. The van der Waals surface area contributed by atoms with Crippen LogP contribution >= 0.6 is 0 Å². The predicted octanol–water partition coefficient (Wildman–Crippen LogP) is 6.37. The number of ether oxygens (including phenoxy) is 1. The third-order valence-electron chi connectivity index (χ3n) is 8.32. The van der Waals surface area contributed by atoms with Crippen LogP contribution in [0.4, 0.5) is 9.18 Å². The summed E-state index contributed by atoms with van der Waals surface area (Å²) < 4.78 is 21.3. The van der Waals surface area contributed by atoms with Gasteiger partial charge in [-0.3, -0.25) is 4.90 Å². The van der Waals surface area contributed by atoms with Crippen LogP contribution in [0.25, 0.3) is 11.1 Å². The van der Waals surface area contributed by atoms with Gasteiger partial charge in [-0.25, -0.2) is 9.18 Å². The zero-order chi connectivity index (χ0) is 24.7. The normalized spacial score (nSPS) is 26.4.